The lowest BCUT2D eigenvalue weighted by molar-refractivity contribution is 0.918. The van der Waals surface area contributed by atoms with E-state index in [0.717, 1.165) is 5.56 Å². The summed E-state index contributed by atoms with van der Waals surface area (Å²) in [6.45, 7) is 2.29. The number of alkyl halides is 1. The number of nitrogens with one attached hydrogen (secondary N) is 2. The van der Waals surface area contributed by atoms with Crippen LogP contribution in [0.3, 0.4) is 0 Å². The van der Waals surface area contributed by atoms with Gasteiger partial charge in [-0.05, 0) is 12.5 Å². The van der Waals surface area contributed by atoms with E-state index in [0.29, 0.717) is 23.8 Å². The summed E-state index contributed by atoms with van der Waals surface area (Å²) >= 11 is 6.35. The van der Waals surface area contributed by atoms with E-state index in [-0.39, 0.29) is 11.1 Å². The van der Waals surface area contributed by atoms with Crippen molar-refractivity contribution in [2.75, 3.05) is 11.9 Å². The molecule has 0 fully saturated rings. The van der Waals surface area contributed by atoms with Gasteiger partial charge in [-0.1, -0.05) is 30.3 Å². The minimum atomic E-state index is -0.291. The van der Waals surface area contributed by atoms with Crippen molar-refractivity contribution in [3.63, 3.8) is 0 Å². The van der Waals surface area contributed by atoms with Crippen LogP contribution in [0.1, 0.15) is 16.8 Å². The fourth-order valence-electron chi connectivity index (χ4n) is 2.16. The van der Waals surface area contributed by atoms with Gasteiger partial charge in [0.25, 0.3) is 0 Å². The Morgan fingerprint density at radius 1 is 1.38 bits per heavy atom. The Bertz CT molecular complexity index is 811. The van der Waals surface area contributed by atoms with Gasteiger partial charge in [-0.3, -0.25) is 0 Å². The third-order valence-electron chi connectivity index (χ3n) is 3.19. The summed E-state index contributed by atoms with van der Waals surface area (Å²) in [5.41, 5.74) is 1.28. The van der Waals surface area contributed by atoms with Crippen LogP contribution in [0.5, 0.6) is 0 Å². The number of H-pyrrole nitrogens is 1. The maximum absolute atomic E-state index is 11.5. The van der Waals surface area contributed by atoms with Crippen molar-refractivity contribution in [1.82, 2.24) is 19.6 Å². The molecule has 0 radical (unpaired) electrons. The number of rotatable bonds is 4. The third kappa shape index (κ3) is 2.75. The van der Waals surface area contributed by atoms with Gasteiger partial charge in [0, 0.05) is 12.6 Å². The van der Waals surface area contributed by atoms with E-state index in [2.05, 4.69) is 20.5 Å². The normalized spacial score (nSPS) is 12.5. The molecule has 0 aliphatic carbocycles. The van der Waals surface area contributed by atoms with Gasteiger partial charge < -0.3 is 5.32 Å². The molecule has 108 valence electrons. The van der Waals surface area contributed by atoms with Crippen molar-refractivity contribution in [1.29, 1.82) is 0 Å². The van der Waals surface area contributed by atoms with Gasteiger partial charge in [0.05, 0.1) is 5.38 Å². The highest BCUT2D eigenvalue weighted by atomic mass is 35.5. The van der Waals surface area contributed by atoms with E-state index >= 15 is 0 Å². The zero-order chi connectivity index (χ0) is 14.8. The van der Waals surface area contributed by atoms with Crippen LogP contribution in [0.2, 0.25) is 0 Å². The molecular weight excluding hydrogens is 290 g/mol. The molecule has 0 amide bonds. The minimum Gasteiger partial charge on any atom is -0.368 e. The number of aromatic nitrogens is 4. The molecule has 0 bridgehead atoms. The Labute approximate surface area is 125 Å². The van der Waals surface area contributed by atoms with Crippen molar-refractivity contribution in [2.45, 2.75) is 12.3 Å². The van der Waals surface area contributed by atoms with Crippen LogP contribution in [0, 0.1) is 6.92 Å². The van der Waals surface area contributed by atoms with Gasteiger partial charge >= 0.3 is 5.69 Å². The lowest BCUT2D eigenvalue weighted by atomic mass is 10.1. The SMILES string of the molecule is Cc1nc(NCC(Cl)c2ccccc2)cc2n[nH]c(=O)n12. The monoisotopic (exact) mass is 303 g/mol. The number of nitrogens with zero attached hydrogens (tertiary/aromatic N) is 3. The summed E-state index contributed by atoms with van der Waals surface area (Å²) in [4.78, 5) is 15.9. The number of halogens is 1. The molecule has 1 aromatic carbocycles. The van der Waals surface area contributed by atoms with Gasteiger partial charge in [0.2, 0.25) is 0 Å². The second-order valence-corrected chi connectivity index (χ2v) is 5.20. The van der Waals surface area contributed by atoms with Crippen LogP contribution >= 0.6 is 11.6 Å². The lowest BCUT2D eigenvalue weighted by Gasteiger charge is -2.12. The highest BCUT2D eigenvalue weighted by Gasteiger charge is 2.10. The fraction of sp³-hybridized carbons (Fsp3) is 0.214. The molecule has 3 rings (SSSR count). The van der Waals surface area contributed by atoms with Crippen LogP contribution in [0.4, 0.5) is 5.82 Å². The van der Waals surface area contributed by atoms with Crippen molar-refractivity contribution < 1.29 is 0 Å². The number of hydrogen-bond donors (Lipinski definition) is 2. The number of aromatic amines is 1. The Kier molecular flexibility index (Phi) is 3.62. The average molecular weight is 304 g/mol. The van der Waals surface area contributed by atoms with E-state index in [9.17, 15) is 4.79 Å². The van der Waals surface area contributed by atoms with Gasteiger partial charge in [-0.2, -0.15) is 5.10 Å². The molecule has 2 heterocycles. The molecule has 6 nitrogen and oxygen atoms in total. The molecule has 1 atom stereocenters. The summed E-state index contributed by atoms with van der Waals surface area (Å²) in [6.07, 6.45) is 0. The zero-order valence-corrected chi connectivity index (χ0v) is 12.1. The molecule has 0 saturated carbocycles. The predicted octanol–water partition coefficient (Wildman–Crippen LogP) is 2.12. The van der Waals surface area contributed by atoms with E-state index in [1.165, 1.54) is 4.40 Å². The van der Waals surface area contributed by atoms with Crippen LogP contribution in [-0.2, 0) is 0 Å². The summed E-state index contributed by atoms with van der Waals surface area (Å²) in [7, 11) is 0. The van der Waals surface area contributed by atoms with E-state index in [1.807, 2.05) is 30.3 Å². The topological polar surface area (TPSA) is 75.1 Å². The first-order valence-corrected chi connectivity index (χ1v) is 6.96. The smallest absolute Gasteiger partial charge is 0.349 e. The van der Waals surface area contributed by atoms with Crippen molar-refractivity contribution in [3.8, 4) is 0 Å². The van der Waals surface area contributed by atoms with Crippen molar-refractivity contribution in [3.05, 3.63) is 58.3 Å². The summed E-state index contributed by atoms with van der Waals surface area (Å²) in [5.74, 6) is 1.21. The maximum Gasteiger partial charge on any atom is 0.349 e. The van der Waals surface area contributed by atoms with Crippen LogP contribution in [0.15, 0.2) is 41.2 Å². The minimum absolute atomic E-state index is 0.161. The standard InChI is InChI=1S/C14H14ClN5O/c1-9-17-12(7-13-18-19-14(21)20(9)13)16-8-11(15)10-5-3-2-4-6-10/h2-7,11,16H,8H2,1H3,(H,19,21). The Morgan fingerprint density at radius 2 is 2.14 bits per heavy atom. The van der Waals surface area contributed by atoms with E-state index in [1.54, 1.807) is 13.0 Å². The molecule has 0 aliphatic rings. The number of hydrogen-bond acceptors (Lipinski definition) is 4. The lowest BCUT2D eigenvalue weighted by Crippen LogP contribution is -2.15. The third-order valence-corrected chi connectivity index (χ3v) is 3.60. The Balaban J connectivity index is 1.78. The van der Waals surface area contributed by atoms with Crippen molar-refractivity contribution in [2.24, 2.45) is 0 Å². The van der Waals surface area contributed by atoms with E-state index in [4.69, 9.17) is 11.6 Å². The zero-order valence-electron chi connectivity index (χ0n) is 11.4. The molecule has 3 aromatic rings. The highest BCUT2D eigenvalue weighted by molar-refractivity contribution is 6.21. The number of benzene rings is 1. The first-order valence-electron chi connectivity index (χ1n) is 6.53. The number of aryl methyl sites for hydroxylation is 1. The molecule has 2 N–H and O–H groups in total. The average Bonchev–Trinajstić information content (AvgIpc) is 2.87. The second kappa shape index (κ2) is 5.57. The van der Waals surface area contributed by atoms with Crippen LogP contribution in [0.25, 0.3) is 5.65 Å². The van der Waals surface area contributed by atoms with Gasteiger partial charge in [0.1, 0.15) is 11.6 Å². The first-order chi connectivity index (χ1) is 10.1. The predicted molar refractivity (Wildman–Crippen MR) is 81.9 cm³/mol. The second-order valence-electron chi connectivity index (χ2n) is 4.67. The van der Waals surface area contributed by atoms with Gasteiger partial charge in [-0.15, -0.1) is 11.6 Å². The summed E-state index contributed by atoms with van der Waals surface area (Å²) in [5, 5.41) is 9.35. The van der Waals surface area contributed by atoms with Gasteiger partial charge in [0.15, 0.2) is 5.65 Å². The number of fused-ring (bicyclic) bond motifs is 1. The Hall–Kier alpha value is -2.34. The largest absolute Gasteiger partial charge is 0.368 e. The van der Waals surface area contributed by atoms with Gasteiger partial charge in [-0.25, -0.2) is 19.3 Å². The maximum atomic E-state index is 11.5. The molecule has 0 aliphatic heterocycles. The molecule has 0 saturated heterocycles. The van der Waals surface area contributed by atoms with Crippen LogP contribution < -0.4 is 11.0 Å². The molecular formula is C14H14ClN5O. The molecule has 2 aromatic heterocycles. The molecule has 7 heteroatoms. The quantitative estimate of drug-likeness (QED) is 0.724. The van der Waals surface area contributed by atoms with Crippen molar-refractivity contribution >= 4 is 23.1 Å². The Morgan fingerprint density at radius 3 is 2.90 bits per heavy atom. The summed E-state index contributed by atoms with van der Waals surface area (Å²) in [6, 6.07) is 11.5. The highest BCUT2D eigenvalue weighted by Crippen LogP contribution is 2.20. The van der Waals surface area contributed by atoms with E-state index < -0.39 is 0 Å². The molecule has 1 unspecified atom stereocenters. The fourth-order valence-corrected chi connectivity index (χ4v) is 2.38. The molecule has 0 spiro atoms. The first kappa shape index (κ1) is 13.6. The number of anilines is 1. The molecule has 21 heavy (non-hydrogen) atoms. The van der Waals surface area contributed by atoms with Crippen LogP contribution in [-0.4, -0.2) is 26.1 Å². The summed E-state index contributed by atoms with van der Waals surface area (Å²) < 4.78 is 1.42.